The minimum atomic E-state index is -3.36. The smallest absolute Gasteiger partial charge is 0.325 e. The molecule has 4 nitrogen and oxygen atoms in total. The summed E-state index contributed by atoms with van der Waals surface area (Å²) in [6.07, 6.45) is 1.39. The lowest BCUT2D eigenvalue weighted by molar-refractivity contribution is 0.0681. The highest BCUT2D eigenvalue weighted by Gasteiger charge is 2.18. The van der Waals surface area contributed by atoms with E-state index in [1.54, 1.807) is 7.11 Å². The van der Waals surface area contributed by atoms with E-state index < -0.39 is 7.60 Å². The molecule has 12 heavy (non-hydrogen) atoms. The first-order chi connectivity index (χ1) is 5.49. The number of hydrogen-bond acceptors (Lipinski definition) is 3. The Hall–Kier alpha value is 0.110. The molecule has 0 saturated heterocycles. The molecule has 0 saturated carbocycles. The Morgan fingerprint density at radius 1 is 1.58 bits per heavy atom. The van der Waals surface area contributed by atoms with Crippen molar-refractivity contribution in [2.75, 3.05) is 20.4 Å². The zero-order chi connectivity index (χ0) is 9.61. The Kier molecular flexibility index (Phi) is 5.76. The van der Waals surface area contributed by atoms with E-state index in [-0.39, 0.29) is 6.10 Å². The molecule has 74 valence electrons. The van der Waals surface area contributed by atoms with Gasteiger partial charge in [0.15, 0.2) is 0 Å². The van der Waals surface area contributed by atoms with Crippen LogP contribution < -0.4 is 0 Å². The summed E-state index contributed by atoms with van der Waals surface area (Å²) in [7, 11) is -1.82. The maximum absolute atomic E-state index is 10.9. The molecule has 0 heterocycles. The van der Waals surface area contributed by atoms with E-state index in [0.29, 0.717) is 6.61 Å². The van der Waals surface area contributed by atoms with Gasteiger partial charge in [0.25, 0.3) is 0 Å². The van der Waals surface area contributed by atoms with Crippen molar-refractivity contribution in [3.63, 3.8) is 0 Å². The van der Waals surface area contributed by atoms with Crippen molar-refractivity contribution >= 4 is 7.60 Å². The molecule has 0 fully saturated rings. The molecule has 0 amide bonds. The molecule has 0 aromatic rings. The lowest BCUT2D eigenvalue weighted by Crippen LogP contribution is -2.17. The Morgan fingerprint density at radius 2 is 2.17 bits per heavy atom. The monoisotopic (exact) mass is 196 g/mol. The van der Waals surface area contributed by atoms with Gasteiger partial charge in [-0.3, -0.25) is 4.57 Å². The van der Waals surface area contributed by atoms with E-state index >= 15 is 0 Å². The maximum Gasteiger partial charge on any atom is 0.325 e. The maximum atomic E-state index is 10.9. The van der Waals surface area contributed by atoms with Crippen LogP contribution >= 0.6 is 7.60 Å². The second-order valence-corrected chi connectivity index (χ2v) is 4.59. The summed E-state index contributed by atoms with van der Waals surface area (Å²) in [5.74, 6) is 0. The van der Waals surface area contributed by atoms with Gasteiger partial charge >= 0.3 is 7.60 Å². The van der Waals surface area contributed by atoms with E-state index in [0.717, 1.165) is 12.8 Å². The highest BCUT2D eigenvalue weighted by molar-refractivity contribution is 7.51. The summed E-state index contributed by atoms with van der Waals surface area (Å²) in [6, 6.07) is 0. The number of rotatable bonds is 6. The summed E-state index contributed by atoms with van der Waals surface area (Å²) in [4.78, 5) is 8.92. The first kappa shape index (κ1) is 12.1. The third kappa shape index (κ3) is 6.80. The van der Waals surface area contributed by atoms with Gasteiger partial charge in [-0.2, -0.15) is 0 Å². The van der Waals surface area contributed by atoms with E-state index in [1.165, 1.54) is 6.66 Å². The van der Waals surface area contributed by atoms with Crippen molar-refractivity contribution < 1.29 is 18.7 Å². The van der Waals surface area contributed by atoms with Crippen LogP contribution in [0, 0.1) is 0 Å². The van der Waals surface area contributed by atoms with E-state index in [4.69, 9.17) is 14.2 Å². The van der Waals surface area contributed by atoms with Gasteiger partial charge in [-0.25, -0.2) is 0 Å². The fraction of sp³-hybridized carbons (Fsp3) is 1.00. The summed E-state index contributed by atoms with van der Waals surface area (Å²) in [5.41, 5.74) is 0. The van der Waals surface area contributed by atoms with Gasteiger partial charge in [-0.05, 0) is 6.42 Å². The second-order valence-electron chi connectivity index (χ2n) is 2.77. The lowest BCUT2D eigenvalue weighted by atomic mass is 10.2. The van der Waals surface area contributed by atoms with Crippen molar-refractivity contribution in [2.24, 2.45) is 0 Å². The van der Waals surface area contributed by atoms with Gasteiger partial charge < -0.3 is 14.2 Å². The van der Waals surface area contributed by atoms with Crippen LogP contribution in [0.15, 0.2) is 0 Å². The van der Waals surface area contributed by atoms with E-state index in [9.17, 15) is 4.57 Å². The Bertz CT molecular complexity index is 147. The Labute approximate surface area is 73.4 Å². The van der Waals surface area contributed by atoms with Crippen molar-refractivity contribution in [1.29, 1.82) is 0 Å². The average Bonchev–Trinajstić information content (AvgIpc) is 1.84. The fourth-order valence-electron chi connectivity index (χ4n) is 0.951. The molecule has 0 aliphatic heterocycles. The third-order valence-electron chi connectivity index (χ3n) is 1.31. The van der Waals surface area contributed by atoms with Gasteiger partial charge in [0.2, 0.25) is 0 Å². The molecular weight excluding hydrogens is 179 g/mol. The molecular formula is C7H17O4P. The van der Waals surface area contributed by atoms with Crippen LogP contribution in [-0.2, 0) is 13.8 Å². The normalized spacial score (nSPS) is 18.7. The molecule has 2 atom stereocenters. The summed E-state index contributed by atoms with van der Waals surface area (Å²) >= 11 is 0. The predicted octanol–water partition coefficient (Wildman–Crippen LogP) is 1.63. The standard InChI is InChI=1S/C7H17O4P/c1-4-5-7(6-10-2)11-12(3,8)9/h7H,4-6H2,1-3H3,(H,8,9). The number of hydrogen-bond donors (Lipinski definition) is 1. The first-order valence-electron chi connectivity index (χ1n) is 3.97. The van der Waals surface area contributed by atoms with Gasteiger partial charge in [-0.15, -0.1) is 0 Å². The van der Waals surface area contributed by atoms with Crippen LogP contribution in [0.25, 0.3) is 0 Å². The van der Waals surface area contributed by atoms with E-state index in [2.05, 4.69) is 0 Å². The fourth-order valence-corrected chi connectivity index (χ4v) is 1.67. The highest BCUT2D eigenvalue weighted by atomic mass is 31.2. The molecule has 0 rings (SSSR count). The minimum Gasteiger partial charge on any atom is -0.382 e. The van der Waals surface area contributed by atoms with Crippen LogP contribution in [0.3, 0.4) is 0 Å². The van der Waals surface area contributed by atoms with Crippen molar-refractivity contribution in [3.05, 3.63) is 0 Å². The molecule has 5 heteroatoms. The molecule has 0 aliphatic carbocycles. The summed E-state index contributed by atoms with van der Waals surface area (Å²) < 4.78 is 20.6. The van der Waals surface area contributed by atoms with Crippen molar-refractivity contribution in [3.8, 4) is 0 Å². The van der Waals surface area contributed by atoms with Crippen molar-refractivity contribution in [1.82, 2.24) is 0 Å². The molecule has 1 N–H and O–H groups in total. The highest BCUT2D eigenvalue weighted by Crippen LogP contribution is 2.39. The predicted molar refractivity (Wildman–Crippen MR) is 47.4 cm³/mol. The number of methoxy groups -OCH3 is 1. The second kappa shape index (κ2) is 5.70. The average molecular weight is 196 g/mol. The topological polar surface area (TPSA) is 55.8 Å². The Balaban J connectivity index is 3.86. The lowest BCUT2D eigenvalue weighted by Gasteiger charge is -2.17. The minimum absolute atomic E-state index is 0.263. The molecule has 0 aliphatic rings. The molecule has 2 unspecified atom stereocenters. The van der Waals surface area contributed by atoms with Gasteiger partial charge in [0, 0.05) is 13.8 Å². The van der Waals surface area contributed by atoms with E-state index in [1.807, 2.05) is 6.92 Å². The number of ether oxygens (including phenoxy) is 1. The third-order valence-corrected chi connectivity index (χ3v) is 2.00. The van der Waals surface area contributed by atoms with Crippen LogP contribution in [0.2, 0.25) is 0 Å². The van der Waals surface area contributed by atoms with Crippen molar-refractivity contribution in [2.45, 2.75) is 25.9 Å². The van der Waals surface area contributed by atoms with Crippen LogP contribution in [0.1, 0.15) is 19.8 Å². The summed E-state index contributed by atoms with van der Waals surface area (Å²) in [5, 5.41) is 0. The van der Waals surface area contributed by atoms with Crippen LogP contribution in [-0.4, -0.2) is 31.4 Å². The Morgan fingerprint density at radius 3 is 2.50 bits per heavy atom. The van der Waals surface area contributed by atoms with Gasteiger partial charge in [0.1, 0.15) is 0 Å². The summed E-state index contributed by atoms with van der Waals surface area (Å²) in [6.45, 7) is 3.54. The molecule has 0 spiro atoms. The van der Waals surface area contributed by atoms with Gasteiger partial charge in [-0.1, -0.05) is 13.3 Å². The molecule has 0 radical (unpaired) electrons. The van der Waals surface area contributed by atoms with Crippen LogP contribution in [0.5, 0.6) is 0 Å². The quantitative estimate of drug-likeness (QED) is 0.656. The zero-order valence-corrected chi connectivity index (χ0v) is 8.71. The first-order valence-corrected chi connectivity index (χ1v) is 5.99. The largest absolute Gasteiger partial charge is 0.382 e. The molecule has 0 aromatic carbocycles. The van der Waals surface area contributed by atoms with Gasteiger partial charge in [0.05, 0.1) is 12.7 Å². The molecule has 0 aromatic heterocycles. The zero-order valence-electron chi connectivity index (χ0n) is 7.82. The molecule has 0 bridgehead atoms. The van der Waals surface area contributed by atoms with Crippen LogP contribution in [0.4, 0.5) is 0 Å². The SMILES string of the molecule is CCCC(COC)OP(C)(=O)O.